The van der Waals surface area contributed by atoms with Crippen molar-refractivity contribution in [1.29, 1.82) is 0 Å². The second-order valence-corrected chi connectivity index (χ2v) is 4.98. The number of hydrogen-bond acceptors (Lipinski definition) is 2. The van der Waals surface area contributed by atoms with Crippen LogP contribution >= 0.6 is 0 Å². The van der Waals surface area contributed by atoms with Crippen LogP contribution in [0.3, 0.4) is 0 Å². The van der Waals surface area contributed by atoms with Gasteiger partial charge in [-0.3, -0.25) is 4.79 Å². The third-order valence-electron chi connectivity index (χ3n) is 2.63. The zero-order valence-electron chi connectivity index (χ0n) is 10.0. The molecule has 0 fully saturated rings. The van der Waals surface area contributed by atoms with Crippen molar-refractivity contribution in [1.82, 2.24) is 0 Å². The number of phenols is 1. The van der Waals surface area contributed by atoms with Crippen LogP contribution in [0, 0.1) is 19.3 Å². The number of rotatable bonds is 1. The summed E-state index contributed by atoms with van der Waals surface area (Å²) < 4.78 is 0. The van der Waals surface area contributed by atoms with Gasteiger partial charge in [-0.05, 0) is 31.0 Å². The molecule has 0 unspecified atom stereocenters. The fourth-order valence-corrected chi connectivity index (χ4v) is 1.39. The minimum Gasteiger partial charge on any atom is -0.507 e. The van der Waals surface area contributed by atoms with Gasteiger partial charge in [-0.15, -0.1) is 0 Å². The standard InChI is InChI=1S/C13H18O2/c1-8-6-7-10(11(14)9(8)2)12(15)13(3,4)5/h6-7,14H,1-5H3. The van der Waals surface area contributed by atoms with E-state index in [-0.39, 0.29) is 11.5 Å². The Morgan fingerprint density at radius 2 is 1.73 bits per heavy atom. The number of aromatic hydroxyl groups is 1. The van der Waals surface area contributed by atoms with Crippen LogP contribution in [0.15, 0.2) is 12.1 Å². The number of carbonyl (C=O) groups is 1. The van der Waals surface area contributed by atoms with E-state index in [4.69, 9.17) is 0 Å². The van der Waals surface area contributed by atoms with Crippen LogP contribution in [-0.2, 0) is 0 Å². The molecular formula is C13H18O2. The fourth-order valence-electron chi connectivity index (χ4n) is 1.39. The average molecular weight is 206 g/mol. The van der Waals surface area contributed by atoms with E-state index in [0.717, 1.165) is 11.1 Å². The third kappa shape index (κ3) is 2.20. The Morgan fingerprint density at radius 3 is 2.20 bits per heavy atom. The topological polar surface area (TPSA) is 37.3 Å². The van der Waals surface area contributed by atoms with Gasteiger partial charge in [0.2, 0.25) is 0 Å². The number of Topliss-reactive ketones (excluding diaryl/α,β-unsaturated/α-hetero) is 1. The monoisotopic (exact) mass is 206 g/mol. The molecule has 0 atom stereocenters. The predicted octanol–water partition coefficient (Wildman–Crippen LogP) is 3.24. The summed E-state index contributed by atoms with van der Waals surface area (Å²) in [5, 5.41) is 9.89. The molecule has 0 bridgehead atoms. The maximum absolute atomic E-state index is 12.0. The summed E-state index contributed by atoms with van der Waals surface area (Å²) in [4.78, 5) is 12.0. The minimum atomic E-state index is -0.459. The van der Waals surface area contributed by atoms with E-state index < -0.39 is 5.41 Å². The third-order valence-corrected chi connectivity index (χ3v) is 2.63. The molecule has 0 aliphatic carbocycles. The molecule has 1 rings (SSSR count). The summed E-state index contributed by atoms with van der Waals surface area (Å²) in [5.41, 5.74) is 1.74. The van der Waals surface area contributed by atoms with Gasteiger partial charge < -0.3 is 5.11 Å². The number of carbonyl (C=O) groups excluding carboxylic acids is 1. The second kappa shape index (κ2) is 3.69. The van der Waals surface area contributed by atoms with E-state index in [1.54, 1.807) is 6.07 Å². The van der Waals surface area contributed by atoms with Crippen LogP contribution < -0.4 is 0 Å². The normalized spacial score (nSPS) is 11.5. The molecule has 0 radical (unpaired) electrons. The molecule has 0 aliphatic heterocycles. The Labute approximate surface area is 90.9 Å². The van der Waals surface area contributed by atoms with Crippen LogP contribution in [0.5, 0.6) is 5.75 Å². The van der Waals surface area contributed by atoms with Gasteiger partial charge in [0.1, 0.15) is 5.75 Å². The van der Waals surface area contributed by atoms with Gasteiger partial charge in [-0.1, -0.05) is 26.8 Å². The second-order valence-electron chi connectivity index (χ2n) is 4.98. The molecule has 0 heterocycles. The molecule has 1 N–H and O–H groups in total. The highest BCUT2D eigenvalue weighted by Gasteiger charge is 2.25. The molecule has 0 aliphatic rings. The van der Waals surface area contributed by atoms with Crippen molar-refractivity contribution in [3.8, 4) is 5.75 Å². The van der Waals surface area contributed by atoms with E-state index in [2.05, 4.69) is 0 Å². The quantitative estimate of drug-likeness (QED) is 0.716. The Bertz CT molecular complexity index is 398. The van der Waals surface area contributed by atoms with Crippen LogP contribution in [0.1, 0.15) is 42.3 Å². The van der Waals surface area contributed by atoms with Crippen LogP contribution in [0.4, 0.5) is 0 Å². The molecule has 0 saturated heterocycles. The molecule has 15 heavy (non-hydrogen) atoms. The fraction of sp³-hybridized carbons (Fsp3) is 0.462. The number of ketones is 1. The van der Waals surface area contributed by atoms with Crippen molar-refractivity contribution in [2.45, 2.75) is 34.6 Å². The maximum Gasteiger partial charge on any atom is 0.171 e. The summed E-state index contributed by atoms with van der Waals surface area (Å²) in [6.45, 7) is 9.29. The van der Waals surface area contributed by atoms with Crippen molar-refractivity contribution in [2.75, 3.05) is 0 Å². The molecule has 2 heteroatoms. The highest BCUT2D eigenvalue weighted by molar-refractivity contribution is 6.02. The average Bonchev–Trinajstić information content (AvgIpc) is 2.12. The van der Waals surface area contributed by atoms with E-state index in [0.29, 0.717) is 5.56 Å². The van der Waals surface area contributed by atoms with Crippen LogP contribution in [0.25, 0.3) is 0 Å². The molecule has 0 saturated carbocycles. The molecule has 0 spiro atoms. The lowest BCUT2D eigenvalue weighted by atomic mass is 9.85. The first-order valence-corrected chi connectivity index (χ1v) is 5.09. The van der Waals surface area contributed by atoms with Gasteiger partial charge in [0.05, 0.1) is 5.56 Å². The van der Waals surface area contributed by atoms with E-state index in [1.807, 2.05) is 40.7 Å². The largest absolute Gasteiger partial charge is 0.507 e. The van der Waals surface area contributed by atoms with Gasteiger partial charge in [0.15, 0.2) is 5.78 Å². The summed E-state index contributed by atoms with van der Waals surface area (Å²) in [5.74, 6) is 0.0954. The van der Waals surface area contributed by atoms with Crippen LogP contribution in [-0.4, -0.2) is 10.9 Å². The smallest absolute Gasteiger partial charge is 0.171 e. The summed E-state index contributed by atoms with van der Waals surface area (Å²) in [6.07, 6.45) is 0. The van der Waals surface area contributed by atoms with Gasteiger partial charge in [0, 0.05) is 5.41 Å². The van der Waals surface area contributed by atoms with Crippen molar-refractivity contribution in [3.05, 3.63) is 28.8 Å². The lowest BCUT2D eigenvalue weighted by Gasteiger charge is -2.18. The lowest BCUT2D eigenvalue weighted by Crippen LogP contribution is -2.20. The molecule has 0 amide bonds. The van der Waals surface area contributed by atoms with Gasteiger partial charge in [-0.25, -0.2) is 0 Å². The number of phenolic OH excluding ortho intramolecular Hbond substituents is 1. The van der Waals surface area contributed by atoms with Crippen molar-refractivity contribution in [3.63, 3.8) is 0 Å². The maximum atomic E-state index is 12.0. The van der Waals surface area contributed by atoms with Crippen molar-refractivity contribution < 1.29 is 9.90 Å². The molecular weight excluding hydrogens is 188 g/mol. The first-order valence-electron chi connectivity index (χ1n) is 5.09. The van der Waals surface area contributed by atoms with Crippen LogP contribution in [0.2, 0.25) is 0 Å². The number of hydrogen-bond donors (Lipinski definition) is 1. The Morgan fingerprint density at radius 1 is 1.20 bits per heavy atom. The van der Waals surface area contributed by atoms with E-state index in [9.17, 15) is 9.90 Å². The van der Waals surface area contributed by atoms with Gasteiger partial charge in [0.25, 0.3) is 0 Å². The number of aryl methyl sites for hydroxylation is 1. The summed E-state index contributed by atoms with van der Waals surface area (Å²) in [6, 6.07) is 3.57. The van der Waals surface area contributed by atoms with E-state index in [1.165, 1.54) is 0 Å². The SMILES string of the molecule is Cc1ccc(C(=O)C(C)(C)C)c(O)c1C. The zero-order chi connectivity index (χ0) is 11.8. The van der Waals surface area contributed by atoms with E-state index >= 15 is 0 Å². The molecule has 0 aromatic heterocycles. The summed E-state index contributed by atoms with van der Waals surface area (Å²) >= 11 is 0. The highest BCUT2D eigenvalue weighted by Crippen LogP contribution is 2.30. The highest BCUT2D eigenvalue weighted by atomic mass is 16.3. The van der Waals surface area contributed by atoms with Gasteiger partial charge >= 0.3 is 0 Å². The van der Waals surface area contributed by atoms with Crippen molar-refractivity contribution >= 4 is 5.78 Å². The molecule has 1 aromatic carbocycles. The summed E-state index contributed by atoms with van der Waals surface area (Å²) in [7, 11) is 0. The predicted molar refractivity (Wildman–Crippen MR) is 61.4 cm³/mol. The first kappa shape index (κ1) is 11.8. The van der Waals surface area contributed by atoms with Crippen molar-refractivity contribution in [2.24, 2.45) is 5.41 Å². The molecule has 82 valence electrons. The Hall–Kier alpha value is -1.31. The molecule has 2 nitrogen and oxygen atoms in total. The number of benzene rings is 1. The Kier molecular flexibility index (Phi) is 2.89. The lowest BCUT2D eigenvalue weighted by molar-refractivity contribution is 0.0855. The first-order chi connectivity index (χ1) is 6.75. The molecule has 1 aromatic rings. The van der Waals surface area contributed by atoms with Gasteiger partial charge in [-0.2, -0.15) is 0 Å². The zero-order valence-corrected chi connectivity index (χ0v) is 10.0. The Balaban J connectivity index is 3.29. The minimum absolute atomic E-state index is 0.0249.